The van der Waals surface area contributed by atoms with E-state index in [1.54, 1.807) is 18.0 Å². The molecule has 2 heterocycles. The first-order valence-corrected chi connectivity index (χ1v) is 9.12. The molecule has 1 aliphatic heterocycles. The highest BCUT2D eigenvalue weighted by atomic mass is 32.2. The van der Waals surface area contributed by atoms with Gasteiger partial charge in [0.15, 0.2) is 0 Å². The molecule has 3 rings (SSSR count). The summed E-state index contributed by atoms with van der Waals surface area (Å²) in [7, 11) is 0. The molecular weight excluding hydrogens is 338 g/mol. The number of pyridine rings is 1. The summed E-state index contributed by atoms with van der Waals surface area (Å²) >= 11 is 1.71. The van der Waals surface area contributed by atoms with Crippen molar-refractivity contribution in [3.05, 3.63) is 47.7 Å². The number of hydrogen-bond acceptors (Lipinski definition) is 5. The molecule has 1 N–H and O–H groups in total. The highest BCUT2D eigenvalue weighted by molar-refractivity contribution is 7.99. The Morgan fingerprint density at radius 1 is 1.44 bits per heavy atom. The van der Waals surface area contributed by atoms with Crippen molar-refractivity contribution >= 4 is 17.7 Å². The molecule has 0 saturated carbocycles. The van der Waals surface area contributed by atoms with Crippen LogP contribution >= 0.6 is 11.8 Å². The fourth-order valence-electron chi connectivity index (χ4n) is 2.75. The average Bonchev–Trinajstić information content (AvgIpc) is 2.95. The minimum Gasteiger partial charge on any atom is -0.492 e. The number of nitrogens with zero attached hydrogens (tertiary/aromatic N) is 1. The van der Waals surface area contributed by atoms with Crippen LogP contribution in [-0.4, -0.2) is 27.9 Å². The molecule has 2 aromatic rings. The van der Waals surface area contributed by atoms with Gasteiger partial charge in [-0.3, -0.25) is 4.79 Å². The largest absolute Gasteiger partial charge is 0.492 e. The molecule has 25 heavy (non-hydrogen) atoms. The van der Waals surface area contributed by atoms with E-state index in [1.165, 1.54) is 0 Å². The number of thioether (sulfide) groups is 1. The third kappa shape index (κ3) is 4.45. The molecule has 1 aromatic heterocycles. The van der Waals surface area contributed by atoms with Crippen molar-refractivity contribution in [3.63, 3.8) is 0 Å². The number of carbonyl (C=O) groups is 1. The summed E-state index contributed by atoms with van der Waals surface area (Å²) in [5, 5.41) is 10.4. The zero-order valence-corrected chi connectivity index (χ0v) is 15.1. The van der Waals surface area contributed by atoms with Crippen molar-refractivity contribution in [1.29, 1.82) is 0 Å². The van der Waals surface area contributed by atoms with Crippen molar-refractivity contribution < 1.29 is 19.4 Å². The van der Waals surface area contributed by atoms with Gasteiger partial charge in [0.25, 0.3) is 0 Å². The van der Waals surface area contributed by atoms with Gasteiger partial charge in [-0.1, -0.05) is 26.0 Å². The molecule has 6 heteroatoms. The number of ether oxygens (including phenoxy) is 2. The monoisotopic (exact) mass is 359 g/mol. The molecule has 1 aliphatic rings. The molecule has 0 radical (unpaired) electrons. The van der Waals surface area contributed by atoms with E-state index < -0.39 is 5.97 Å². The van der Waals surface area contributed by atoms with E-state index in [2.05, 4.69) is 18.8 Å². The SMILES string of the molecule is CC(C)Sc1ncccc1COc1ccc2c(c1)OCC2CC(=O)O. The fraction of sp³-hybridized carbons (Fsp3) is 0.368. The van der Waals surface area contributed by atoms with E-state index in [0.29, 0.717) is 30.0 Å². The van der Waals surface area contributed by atoms with Gasteiger partial charge in [-0.2, -0.15) is 0 Å². The summed E-state index contributed by atoms with van der Waals surface area (Å²) in [5.41, 5.74) is 1.98. The Balaban J connectivity index is 1.68. The summed E-state index contributed by atoms with van der Waals surface area (Å²) in [5.74, 6) is 0.522. The summed E-state index contributed by atoms with van der Waals surface area (Å²) in [6, 6.07) is 9.53. The standard InChI is InChI=1S/C19H21NO4S/c1-12(2)25-19-13(4-3-7-20-19)10-23-15-5-6-16-14(8-18(21)22)11-24-17(16)9-15/h3-7,9,12,14H,8,10-11H2,1-2H3,(H,21,22). The summed E-state index contributed by atoms with van der Waals surface area (Å²) in [6.07, 6.45) is 1.87. The molecule has 0 fully saturated rings. The number of rotatable bonds is 7. The van der Waals surface area contributed by atoms with Crippen LogP contribution in [0.5, 0.6) is 11.5 Å². The Bertz CT molecular complexity index is 763. The highest BCUT2D eigenvalue weighted by Gasteiger charge is 2.26. The number of fused-ring (bicyclic) bond motifs is 1. The van der Waals surface area contributed by atoms with Gasteiger partial charge in [-0.05, 0) is 12.1 Å². The highest BCUT2D eigenvalue weighted by Crippen LogP contribution is 2.38. The molecule has 0 saturated heterocycles. The minimum absolute atomic E-state index is 0.0820. The number of hydrogen-bond donors (Lipinski definition) is 1. The van der Waals surface area contributed by atoms with Crippen molar-refractivity contribution in [3.8, 4) is 11.5 Å². The lowest BCUT2D eigenvalue weighted by Gasteiger charge is -2.12. The van der Waals surface area contributed by atoms with E-state index in [9.17, 15) is 4.79 Å². The molecule has 1 aromatic carbocycles. The van der Waals surface area contributed by atoms with Crippen LogP contribution in [0.1, 0.15) is 37.3 Å². The van der Waals surface area contributed by atoms with Crippen molar-refractivity contribution in [1.82, 2.24) is 4.98 Å². The van der Waals surface area contributed by atoms with Gasteiger partial charge >= 0.3 is 5.97 Å². The lowest BCUT2D eigenvalue weighted by molar-refractivity contribution is -0.137. The molecule has 1 atom stereocenters. The van der Waals surface area contributed by atoms with Gasteiger partial charge in [0.2, 0.25) is 0 Å². The number of aromatic nitrogens is 1. The van der Waals surface area contributed by atoms with Gasteiger partial charge in [0.1, 0.15) is 23.1 Å². The lowest BCUT2D eigenvalue weighted by Crippen LogP contribution is -2.07. The van der Waals surface area contributed by atoms with E-state index in [1.807, 2.05) is 30.3 Å². The molecule has 132 valence electrons. The normalized spacial score (nSPS) is 15.7. The predicted molar refractivity (Wildman–Crippen MR) is 96.5 cm³/mol. The van der Waals surface area contributed by atoms with Gasteiger partial charge in [0, 0.05) is 34.6 Å². The zero-order chi connectivity index (χ0) is 17.8. The first-order chi connectivity index (χ1) is 12.0. The Morgan fingerprint density at radius 3 is 3.04 bits per heavy atom. The smallest absolute Gasteiger partial charge is 0.304 e. The predicted octanol–water partition coefficient (Wildman–Crippen LogP) is 4.11. The lowest BCUT2D eigenvalue weighted by atomic mass is 9.98. The maximum atomic E-state index is 10.9. The van der Waals surface area contributed by atoms with Crippen molar-refractivity contribution in [2.24, 2.45) is 0 Å². The van der Waals surface area contributed by atoms with Crippen LogP contribution in [0, 0.1) is 0 Å². The Labute approximate surface area is 151 Å². The molecule has 0 aliphatic carbocycles. The molecular formula is C19H21NO4S. The molecule has 0 amide bonds. The number of benzene rings is 1. The van der Waals surface area contributed by atoms with Crippen LogP contribution in [0.25, 0.3) is 0 Å². The second kappa shape index (κ2) is 7.78. The Morgan fingerprint density at radius 2 is 2.28 bits per heavy atom. The van der Waals surface area contributed by atoms with Gasteiger partial charge < -0.3 is 14.6 Å². The van der Waals surface area contributed by atoms with Crippen molar-refractivity contribution in [2.45, 2.75) is 43.1 Å². The minimum atomic E-state index is -0.812. The maximum Gasteiger partial charge on any atom is 0.304 e. The Hall–Kier alpha value is -2.21. The second-order valence-electron chi connectivity index (χ2n) is 6.23. The van der Waals surface area contributed by atoms with Crippen LogP contribution < -0.4 is 9.47 Å². The third-order valence-corrected chi connectivity index (χ3v) is 4.94. The second-order valence-corrected chi connectivity index (χ2v) is 7.79. The maximum absolute atomic E-state index is 10.9. The summed E-state index contributed by atoms with van der Waals surface area (Å²) < 4.78 is 11.5. The van der Waals surface area contributed by atoms with Crippen LogP contribution in [-0.2, 0) is 11.4 Å². The summed E-state index contributed by atoms with van der Waals surface area (Å²) in [6.45, 7) is 5.10. The topological polar surface area (TPSA) is 68.7 Å². The first kappa shape index (κ1) is 17.6. The first-order valence-electron chi connectivity index (χ1n) is 8.25. The average molecular weight is 359 g/mol. The fourth-order valence-corrected chi connectivity index (χ4v) is 3.60. The Kier molecular flexibility index (Phi) is 5.48. The van der Waals surface area contributed by atoms with Crippen LogP contribution in [0.2, 0.25) is 0 Å². The molecule has 0 bridgehead atoms. The van der Waals surface area contributed by atoms with E-state index in [-0.39, 0.29) is 12.3 Å². The van der Waals surface area contributed by atoms with E-state index >= 15 is 0 Å². The number of aliphatic carboxylic acids is 1. The zero-order valence-electron chi connectivity index (χ0n) is 14.3. The third-order valence-electron chi connectivity index (χ3n) is 3.88. The van der Waals surface area contributed by atoms with Crippen molar-refractivity contribution in [2.75, 3.05) is 6.61 Å². The van der Waals surface area contributed by atoms with Crippen LogP contribution in [0.3, 0.4) is 0 Å². The van der Waals surface area contributed by atoms with Gasteiger partial charge in [-0.15, -0.1) is 11.8 Å². The van der Waals surface area contributed by atoms with Crippen LogP contribution in [0.4, 0.5) is 0 Å². The molecule has 0 spiro atoms. The van der Waals surface area contributed by atoms with Gasteiger partial charge in [0.05, 0.1) is 13.0 Å². The summed E-state index contributed by atoms with van der Waals surface area (Å²) in [4.78, 5) is 15.3. The van der Waals surface area contributed by atoms with Crippen LogP contribution in [0.15, 0.2) is 41.6 Å². The van der Waals surface area contributed by atoms with E-state index in [4.69, 9.17) is 14.6 Å². The van der Waals surface area contributed by atoms with Gasteiger partial charge in [-0.25, -0.2) is 4.98 Å². The number of carboxylic acids is 1. The van der Waals surface area contributed by atoms with E-state index in [0.717, 1.165) is 16.2 Å². The quantitative estimate of drug-likeness (QED) is 0.750. The number of carboxylic acid groups (broad SMARTS) is 1. The molecule has 5 nitrogen and oxygen atoms in total. The molecule has 1 unspecified atom stereocenters.